The minimum atomic E-state index is -0.247. The zero-order valence-corrected chi connectivity index (χ0v) is 19.3. The van der Waals surface area contributed by atoms with Crippen molar-refractivity contribution in [1.29, 1.82) is 0 Å². The highest BCUT2D eigenvalue weighted by Crippen LogP contribution is 2.46. The molecule has 2 aliphatic rings. The number of ether oxygens (including phenoxy) is 5. The van der Waals surface area contributed by atoms with Crippen molar-refractivity contribution in [2.45, 2.75) is 25.4 Å². The second-order valence-corrected chi connectivity index (χ2v) is 8.24. The van der Waals surface area contributed by atoms with Crippen LogP contribution in [0.1, 0.15) is 29.6 Å². The molecular formula is C22H33ClN2O6. The van der Waals surface area contributed by atoms with Crippen LogP contribution in [0.15, 0.2) is 6.07 Å². The Morgan fingerprint density at radius 2 is 2.03 bits per heavy atom. The molecule has 1 fully saturated rings. The van der Waals surface area contributed by atoms with Gasteiger partial charge in [-0.3, -0.25) is 4.79 Å². The molecule has 1 N–H and O–H groups in total. The van der Waals surface area contributed by atoms with Crippen molar-refractivity contribution in [3.63, 3.8) is 0 Å². The maximum absolute atomic E-state index is 13.0. The summed E-state index contributed by atoms with van der Waals surface area (Å²) in [5, 5.41) is 3.36. The number of piperidine rings is 1. The normalized spacial score (nSPS) is 21.4. The van der Waals surface area contributed by atoms with E-state index in [1.807, 2.05) is 0 Å². The van der Waals surface area contributed by atoms with Gasteiger partial charge in [-0.2, -0.15) is 0 Å². The first kappa shape index (κ1) is 23.9. The van der Waals surface area contributed by atoms with E-state index in [1.54, 1.807) is 20.3 Å². The third-order valence-corrected chi connectivity index (χ3v) is 6.09. The highest BCUT2D eigenvalue weighted by molar-refractivity contribution is 6.33. The molecule has 0 bridgehead atoms. The van der Waals surface area contributed by atoms with E-state index >= 15 is 0 Å². The van der Waals surface area contributed by atoms with E-state index in [9.17, 15) is 4.79 Å². The van der Waals surface area contributed by atoms with Gasteiger partial charge in [0.1, 0.15) is 0 Å². The van der Waals surface area contributed by atoms with Crippen molar-refractivity contribution in [3.05, 3.63) is 16.7 Å². The highest BCUT2D eigenvalue weighted by atomic mass is 35.5. The lowest BCUT2D eigenvalue weighted by atomic mass is 9.93. The Hall–Kier alpha value is -1.74. The number of likely N-dealkylation sites (tertiary alicyclic amines) is 1. The summed E-state index contributed by atoms with van der Waals surface area (Å²) in [5.74, 6) is 1.14. The fourth-order valence-electron chi connectivity index (χ4n) is 4.12. The smallest absolute Gasteiger partial charge is 0.255 e. The van der Waals surface area contributed by atoms with Crippen LogP contribution >= 0.6 is 11.6 Å². The van der Waals surface area contributed by atoms with Crippen LogP contribution in [0.4, 0.5) is 0 Å². The summed E-state index contributed by atoms with van der Waals surface area (Å²) in [5.41, 5.74) is 0.355. The van der Waals surface area contributed by atoms with E-state index < -0.39 is 0 Å². The van der Waals surface area contributed by atoms with Gasteiger partial charge in [0.2, 0.25) is 5.75 Å². The fourth-order valence-corrected chi connectivity index (χ4v) is 4.39. The Bertz CT molecular complexity index is 747. The lowest BCUT2D eigenvalue weighted by molar-refractivity contribution is -0.0121. The predicted octanol–water partition coefficient (Wildman–Crippen LogP) is 2.61. The molecule has 2 heterocycles. The first-order valence-corrected chi connectivity index (χ1v) is 11.1. The largest absolute Gasteiger partial charge is 0.491 e. The summed E-state index contributed by atoms with van der Waals surface area (Å²) in [6.07, 6.45) is 2.73. The summed E-state index contributed by atoms with van der Waals surface area (Å²) in [7, 11) is 4.97. The number of carbonyl (C=O) groups excluding carboxylic acids is 1. The van der Waals surface area contributed by atoms with Crippen LogP contribution in [0.3, 0.4) is 0 Å². The number of benzene rings is 1. The van der Waals surface area contributed by atoms with Crippen LogP contribution in [0.25, 0.3) is 0 Å². The molecule has 3 rings (SSSR count). The predicted molar refractivity (Wildman–Crippen MR) is 118 cm³/mol. The number of nitrogens with zero attached hydrogens (tertiary/aromatic N) is 1. The molecule has 0 radical (unpaired) electrons. The van der Waals surface area contributed by atoms with Gasteiger partial charge in [-0.05, 0) is 25.5 Å². The Balaban J connectivity index is 1.65. The zero-order chi connectivity index (χ0) is 22.2. The van der Waals surface area contributed by atoms with Gasteiger partial charge < -0.3 is 33.9 Å². The number of nitrogens with one attached hydrogen (secondary N) is 1. The van der Waals surface area contributed by atoms with E-state index in [0.717, 1.165) is 45.5 Å². The molecule has 1 aromatic rings. The number of carbonyl (C=O) groups is 1. The van der Waals surface area contributed by atoms with Gasteiger partial charge in [-0.1, -0.05) is 11.6 Å². The average Bonchev–Trinajstić information content (AvgIpc) is 3.03. The van der Waals surface area contributed by atoms with Gasteiger partial charge in [0.25, 0.3) is 5.91 Å². The van der Waals surface area contributed by atoms with Crippen molar-refractivity contribution in [2.24, 2.45) is 5.92 Å². The average molecular weight is 457 g/mol. The zero-order valence-electron chi connectivity index (χ0n) is 18.6. The molecule has 0 saturated carbocycles. The number of amides is 1. The number of rotatable bonds is 9. The molecule has 1 saturated heterocycles. The molecule has 1 aromatic carbocycles. The molecule has 2 aliphatic heterocycles. The second-order valence-electron chi connectivity index (χ2n) is 7.83. The van der Waals surface area contributed by atoms with Crippen LogP contribution in [-0.2, 0) is 9.47 Å². The summed E-state index contributed by atoms with van der Waals surface area (Å²) < 4.78 is 27.8. The maximum Gasteiger partial charge on any atom is 0.255 e. The number of hydrogen-bond acceptors (Lipinski definition) is 7. The van der Waals surface area contributed by atoms with Gasteiger partial charge >= 0.3 is 0 Å². The van der Waals surface area contributed by atoms with Gasteiger partial charge in [0.15, 0.2) is 11.5 Å². The number of fused-ring (bicyclic) bond motifs is 1. The Morgan fingerprint density at radius 1 is 1.26 bits per heavy atom. The van der Waals surface area contributed by atoms with E-state index in [0.29, 0.717) is 47.6 Å². The number of halogens is 1. The third kappa shape index (κ3) is 5.94. The van der Waals surface area contributed by atoms with E-state index in [2.05, 4.69) is 10.2 Å². The molecule has 1 amide bonds. The Labute approximate surface area is 189 Å². The van der Waals surface area contributed by atoms with E-state index in [4.69, 9.17) is 35.3 Å². The molecule has 2 atom stereocenters. The van der Waals surface area contributed by atoms with Crippen LogP contribution in [-0.4, -0.2) is 84.2 Å². The first-order valence-electron chi connectivity index (χ1n) is 10.8. The lowest BCUT2D eigenvalue weighted by Crippen LogP contribution is -2.48. The van der Waals surface area contributed by atoms with Gasteiger partial charge in [-0.25, -0.2) is 0 Å². The number of hydrogen-bond donors (Lipinski definition) is 1. The SMILES string of the molecule is COCCCN1CC[C@@H](CNC(=O)c2cc(Cl)c(OC)c3c2OCCCO3)[C@H](OC)C1. The van der Waals surface area contributed by atoms with Crippen molar-refractivity contribution < 1.29 is 28.5 Å². The number of methoxy groups -OCH3 is 3. The summed E-state index contributed by atoms with van der Waals surface area (Å²) >= 11 is 6.35. The Morgan fingerprint density at radius 3 is 2.74 bits per heavy atom. The van der Waals surface area contributed by atoms with E-state index in [1.165, 1.54) is 7.11 Å². The monoisotopic (exact) mass is 456 g/mol. The van der Waals surface area contributed by atoms with Gasteiger partial charge in [0.05, 0.1) is 37.0 Å². The molecule has 0 aromatic heterocycles. The molecule has 31 heavy (non-hydrogen) atoms. The summed E-state index contributed by atoms with van der Waals surface area (Å²) in [6, 6.07) is 1.58. The van der Waals surface area contributed by atoms with Crippen molar-refractivity contribution in [3.8, 4) is 17.2 Å². The quantitative estimate of drug-likeness (QED) is 0.572. The third-order valence-electron chi connectivity index (χ3n) is 5.81. The molecular weight excluding hydrogens is 424 g/mol. The molecule has 0 unspecified atom stereocenters. The van der Waals surface area contributed by atoms with Crippen molar-refractivity contribution in [1.82, 2.24) is 10.2 Å². The van der Waals surface area contributed by atoms with Crippen LogP contribution in [0.2, 0.25) is 5.02 Å². The molecule has 9 heteroatoms. The van der Waals surface area contributed by atoms with E-state index in [-0.39, 0.29) is 17.9 Å². The summed E-state index contributed by atoms with van der Waals surface area (Å²) in [4.78, 5) is 15.4. The molecule has 174 valence electrons. The molecule has 0 aliphatic carbocycles. The first-order chi connectivity index (χ1) is 15.1. The minimum Gasteiger partial charge on any atom is -0.491 e. The Kier molecular flexibility index (Phi) is 9.07. The van der Waals surface area contributed by atoms with Gasteiger partial charge in [-0.15, -0.1) is 0 Å². The topological polar surface area (TPSA) is 78.5 Å². The molecule has 0 spiro atoms. The highest BCUT2D eigenvalue weighted by Gasteiger charge is 2.31. The maximum atomic E-state index is 13.0. The molecule has 8 nitrogen and oxygen atoms in total. The fraction of sp³-hybridized carbons (Fsp3) is 0.682. The second kappa shape index (κ2) is 11.8. The van der Waals surface area contributed by atoms with Crippen LogP contribution in [0.5, 0.6) is 17.2 Å². The van der Waals surface area contributed by atoms with Gasteiger partial charge in [0, 0.05) is 52.8 Å². The van der Waals surface area contributed by atoms with Crippen molar-refractivity contribution in [2.75, 3.05) is 67.3 Å². The minimum absolute atomic E-state index is 0.0627. The van der Waals surface area contributed by atoms with Crippen LogP contribution < -0.4 is 19.5 Å². The van der Waals surface area contributed by atoms with Crippen LogP contribution in [0, 0.1) is 5.92 Å². The van der Waals surface area contributed by atoms with Crippen molar-refractivity contribution >= 4 is 17.5 Å². The summed E-state index contributed by atoms with van der Waals surface area (Å²) in [6.45, 7) is 5.03. The lowest BCUT2D eigenvalue weighted by Gasteiger charge is -2.37. The standard InChI is InChI=1S/C22H33ClN2O6/c1-27-9-4-7-25-8-6-15(18(14-25)28-2)13-24-22(26)16-12-17(23)20(29-3)21-19(16)30-10-5-11-31-21/h12,15,18H,4-11,13-14H2,1-3H3,(H,24,26)/t15-,18+/m0/s1.